The molecule has 0 fully saturated rings. The summed E-state index contributed by atoms with van der Waals surface area (Å²) in [6.07, 6.45) is 1.53. The molecule has 6 aromatic rings. The van der Waals surface area contributed by atoms with Crippen molar-refractivity contribution >= 4 is 46.2 Å². The summed E-state index contributed by atoms with van der Waals surface area (Å²) >= 11 is 1.35. The van der Waals surface area contributed by atoms with Gasteiger partial charge < -0.3 is 19.7 Å². The molecule has 0 aliphatic heterocycles. The van der Waals surface area contributed by atoms with E-state index in [1.54, 1.807) is 27.7 Å². The number of amides is 2. The van der Waals surface area contributed by atoms with Gasteiger partial charge in [0.05, 0.1) is 0 Å². The summed E-state index contributed by atoms with van der Waals surface area (Å²) in [7, 11) is 0. The maximum absolute atomic E-state index is 11.1. The van der Waals surface area contributed by atoms with E-state index in [0.29, 0.717) is 26.1 Å². The van der Waals surface area contributed by atoms with Crippen molar-refractivity contribution in [2.45, 2.75) is 144 Å². The summed E-state index contributed by atoms with van der Waals surface area (Å²) in [4.78, 5) is 66.0. The lowest BCUT2D eigenvalue weighted by molar-refractivity contribution is -0.142. The van der Waals surface area contributed by atoms with Crippen LogP contribution in [0.25, 0.3) is 0 Å². The molecule has 10 heteroatoms. The zero-order valence-electron chi connectivity index (χ0n) is 41.1. The van der Waals surface area contributed by atoms with Crippen molar-refractivity contribution in [2.75, 3.05) is 6.54 Å². The number of aryl methyl sites for hydroxylation is 1. The summed E-state index contributed by atoms with van der Waals surface area (Å²) in [5.74, 6) is 1.20. The molecule has 0 heterocycles. The molecule has 1 atom stereocenters. The van der Waals surface area contributed by atoms with Gasteiger partial charge in [-0.05, 0) is 60.6 Å². The van der Waals surface area contributed by atoms with Crippen LogP contribution in [-0.2, 0) is 65.4 Å². The normalized spacial score (nSPS) is 9.14. The number of thioether (sulfide) groups is 1. The highest BCUT2D eigenvalue weighted by Crippen LogP contribution is 2.15. The average Bonchev–Trinajstić information content (AvgIpc) is 3.35. The van der Waals surface area contributed by atoms with E-state index in [1.807, 2.05) is 201 Å². The molecule has 6 aromatic carbocycles. The Bertz CT molecular complexity index is 2070. The van der Waals surface area contributed by atoms with E-state index in [-0.39, 0.29) is 84.9 Å². The molecule has 0 saturated heterocycles. The van der Waals surface area contributed by atoms with Gasteiger partial charge in [-0.3, -0.25) is 24.0 Å². The van der Waals surface area contributed by atoms with Crippen LogP contribution in [0.4, 0.5) is 0 Å². The lowest BCUT2D eigenvalue weighted by Crippen LogP contribution is -2.27. The Balaban J connectivity index is -0.000000185. The number of esters is 1. The highest BCUT2D eigenvalue weighted by Gasteiger charge is 2.08. The van der Waals surface area contributed by atoms with Gasteiger partial charge in [-0.2, -0.15) is 0 Å². The van der Waals surface area contributed by atoms with E-state index in [0.717, 1.165) is 35.4 Å². The summed E-state index contributed by atoms with van der Waals surface area (Å²) in [6.45, 7) is 15.8. The van der Waals surface area contributed by atoms with Crippen LogP contribution in [0.3, 0.4) is 0 Å². The van der Waals surface area contributed by atoms with Gasteiger partial charge in [-0.15, -0.1) is 0 Å². The predicted octanol–water partition coefficient (Wildman–Crippen LogP) is 16.0. The molecule has 1 unspecified atom stereocenters. The Hall–Kier alpha value is -6.91. The third-order valence-electron chi connectivity index (χ3n) is 9.52. The molecule has 0 spiro atoms. The molecule has 2 amide bonds. The van der Waals surface area contributed by atoms with Gasteiger partial charge in [0.1, 0.15) is 18.2 Å². The van der Waals surface area contributed by atoms with Gasteiger partial charge in [-0.25, -0.2) is 0 Å². The van der Waals surface area contributed by atoms with Crippen molar-refractivity contribution in [1.29, 1.82) is 0 Å². The molecular formula is C64H94N2O7S. The number of ether oxygens (including phenoxy) is 1. The quantitative estimate of drug-likeness (QED) is 0.107. The van der Waals surface area contributed by atoms with Gasteiger partial charge in [0.2, 0.25) is 11.8 Å². The minimum absolute atomic E-state index is 0. The van der Waals surface area contributed by atoms with Gasteiger partial charge >= 0.3 is 5.97 Å². The van der Waals surface area contributed by atoms with Crippen molar-refractivity contribution in [3.05, 3.63) is 215 Å². The third kappa shape index (κ3) is 42.7. The van der Waals surface area contributed by atoms with Crippen LogP contribution in [0.2, 0.25) is 0 Å². The first-order valence-electron chi connectivity index (χ1n) is 22.6. The van der Waals surface area contributed by atoms with Crippen LogP contribution in [-0.4, -0.2) is 45.9 Å². The van der Waals surface area contributed by atoms with E-state index >= 15 is 0 Å². The van der Waals surface area contributed by atoms with E-state index in [4.69, 9.17) is 4.74 Å². The van der Waals surface area contributed by atoms with Crippen LogP contribution >= 0.6 is 11.8 Å². The number of rotatable bonds is 14. The topological polar surface area (TPSA) is 127 Å². The number of carbonyl (C=O) groups is 6. The summed E-state index contributed by atoms with van der Waals surface area (Å²) in [6, 6.07) is 59.3. The zero-order valence-corrected chi connectivity index (χ0v) is 41.9. The number of hydrogen-bond acceptors (Lipinski definition) is 8. The minimum Gasteiger partial charge on any atom is -0.461 e. The van der Waals surface area contributed by atoms with Crippen LogP contribution in [0.5, 0.6) is 0 Å². The highest BCUT2D eigenvalue weighted by molar-refractivity contribution is 8.12. The fourth-order valence-electron chi connectivity index (χ4n) is 5.53. The van der Waals surface area contributed by atoms with E-state index in [9.17, 15) is 28.8 Å². The van der Waals surface area contributed by atoms with Crippen molar-refractivity contribution in [2.24, 2.45) is 0 Å². The third-order valence-corrected chi connectivity index (χ3v) is 10.4. The molecule has 0 aliphatic carbocycles. The number of ketones is 2. The summed E-state index contributed by atoms with van der Waals surface area (Å²) in [5, 5.41) is 2.90. The fraction of sp³-hybridized carbons (Fsp3) is 0.344. The zero-order chi connectivity index (χ0) is 50.4. The molecule has 0 aromatic heterocycles. The molecule has 0 bridgehead atoms. The fourth-order valence-corrected chi connectivity index (χ4v) is 6.09. The standard InChI is InChI=1S/C11H15NO.2C10H12O.C9H11NO.C9H10O2.C9H10OS.6CH4/c1-3-12(10(2)13)9-11-7-5-4-6-8-11;1-8(9(2)11)10-6-4-3-5-7-10;1-9(11)7-8-10-5-3-2-4-6-10;1-8(11)10-7-9-5-3-2-4-6-9;2*1-8(10)11-7-9-5-3-2-4-6-9;;;;;;/h4-8H,3,9H2,1-2H3;3-8H,1-2H3;2-6H,7-8H2,1H3;2-6H,7H2,1H3,(H,10,11);2*2-6H,7H2,1H3;6*1H4. The van der Waals surface area contributed by atoms with Crippen LogP contribution in [0.15, 0.2) is 182 Å². The molecule has 6 rings (SSSR count). The Morgan fingerprint density at radius 2 is 0.892 bits per heavy atom. The van der Waals surface area contributed by atoms with Gasteiger partial charge in [0, 0.05) is 65.4 Å². The molecule has 74 heavy (non-hydrogen) atoms. The van der Waals surface area contributed by atoms with Gasteiger partial charge in [0.15, 0.2) is 5.12 Å². The second kappa shape index (κ2) is 49.7. The summed E-state index contributed by atoms with van der Waals surface area (Å²) in [5.41, 5.74) is 6.86. The first kappa shape index (κ1) is 78.5. The summed E-state index contributed by atoms with van der Waals surface area (Å²) < 4.78 is 4.79. The van der Waals surface area contributed by atoms with Gasteiger partial charge in [-0.1, -0.05) is 245 Å². The molecule has 0 aliphatic rings. The molecule has 0 radical (unpaired) electrons. The van der Waals surface area contributed by atoms with Crippen molar-refractivity contribution in [1.82, 2.24) is 10.2 Å². The Kier molecular flexibility index (Phi) is 52.7. The maximum atomic E-state index is 11.1. The van der Waals surface area contributed by atoms with Crippen molar-refractivity contribution in [3.63, 3.8) is 0 Å². The largest absolute Gasteiger partial charge is 0.461 e. The highest BCUT2D eigenvalue weighted by atomic mass is 32.2. The maximum Gasteiger partial charge on any atom is 0.302 e. The molecule has 1 N–H and O–H groups in total. The van der Waals surface area contributed by atoms with E-state index < -0.39 is 0 Å². The van der Waals surface area contributed by atoms with Crippen molar-refractivity contribution in [3.8, 4) is 0 Å². The molecule has 0 saturated carbocycles. The Morgan fingerprint density at radius 3 is 1.24 bits per heavy atom. The smallest absolute Gasteiger partial charge is 0.302 e. The van der Waals surface area contributed by atoms with E-state index in [1.165, 1.54) is 42.3 Å². The van der Waals surface area contributed by atoms with E-state index in [2.05, 4.69) is 5.32 Å². The Morgan fingerprint density at radius 1 is 0.514 bits per heavy atom. The number of nitrogens with one attached hydrogen (secondary N) is 1. The van der Waals surface area contributed by atoms with Crippen LogP contribution < -0.4 is 5.32 Å². The number of nitrogens with zero attached hydrogens (tertiary/aromatic N) is 1. The molecule has 9 nitrogen and oxygen atoms in total. The first-order chi connectivity index (χ1) is 32.6. The lowest BCUT2D eigenvalue weighted by Gasteiger charge is -2.18. The number of Topliss-reactive ketones (excluding diaryl/α,β-unsaturated/α-hetero) is 2. The minimum atomic E-state index is -0.242. The van der Waals surface area contributed by atoms with Gasteiger partial charge in [0.25, 0.3) is 0 Å². The predicted molar refractivity (Wildman–Crippen MR) is 319 cm³/mol. The monoisotopic (exact) mass is 1030 g/mol. The molecular weight excluding hydrogens is 941 g/mol. The second-order valence-electron chi connectivity index (χ2n) is 15.4. The SMILES string of the molecule is C.C.C.C.C.C.CC(=O)C(C)c1ccccc1.CC(=O)CCc1ccccc1.CC(=O)NCc1ccccc1.CC(=O)OCc1ccccc1.CC(=O)SCc1ccccc1.CCN(Cc1ccccc1)C(C)=O. The Labute approximate surface area is 454 Å². The number of hydrogen-bond donors (Lipinski definition) is 1. The van der Waals surface area contributed by atoms with Crippen LogP contribution in [0, 0.1) is 0 Å². The second-order valence-corrected chi connectivity index (χ2v) is 16.5. The van der Waals surface area contributed by atoms with Crippen molar-refractivity contribution < 1.29 is 33.5 Å². The van der Waals surface area contributed by atoms with Crippen LogP contribution in [0.1, 0.15) is 146 Å². The molecule has 408 valence electrons. The lowest BCUT2D eigenvalue weighted by atomic mass is 9.98. The number of benzene rings is 6. The number of carbonyl (C=O) groups excluding carboxylic acids is 6. The first-order valence-corrected chi connectivity index (χ1v) is 23.6. The average molecular weight is 1040 g/mol.